The molecule has 1 aromatic heterocycles. The first kappa shape index (κ1) is 13.5. The minimum Gasteiger partial charge on any atom is -0.356 e. The highest BCUT2D eigenvalue weighted by atomic mass is 79.9. The van der Waals surface area contributed by atoms with Crippen molar-refractivity contribution >= 4 is 33.3 Å². The van der Waals surface area contributed by atoms with E-state index in [2.05, 4.69) is 26.2 Å². The summed E-state index contributed by atoms with van der Waals surface area (Å²) in [6.07, 6.45) is 1.53. The number of nitrogens with one attached hydrogen (secondary N) is 2. The maximum absolute atomic E-state index is 12.0. The van der Waals surface area contributed by atoms with E-state index in [1.54, 1.807) is 6.07 Å². The zero-order valence-corrected chi connectivity index (χ0v) is 12.2. The Hall–Kier alpha value is -1.88. The fourth-order valence-corrected chi connectivity index (χ4v) is 1.90. The van der Waals surface area contributed by atoms with Gasteiger partial charge in [-0.05, 0) is 43.7 Å². The van der Waals surface area contributed by atoms with E-state index in [9.17, 15) is 9.59 Å². The summed E-state index contributed by atoms with van der Waals surface area (Å²) in [6.45, 7) is 3.41. The largest absolute Gasteiger partial charge is 0.356 e. The standard InChI is InChI=1S/C14H13BrN2O2/c1-8-5-11(3-4-12(8)15)17-14(19)13-6-10(7-16-13)9(2)18/h3-7,16H,1-2H3,(H,17,19). The molecule has 2 rings (SSSR count). The second kappa shape index (κ2) is 5.40. The van der Waals surface area contributed by atoms with Crippen molar-refractivity contribution in [2.45, 2.75) is 13.8 Å². The van der Waals surface area contributed by atoms with Gasteiger partial charge in [0, 0.05) is 21.9 Å². The second-order valence-electron chi connectivity index (χ2n) is 4.28. The van der Waals surface area contributed by atoms with E-state index in [1.165, 1.54) is 13.1 Å². The number of Topliss-reactive ketones (excluding diaryl/α,β-unsaturated/α-hetero) is 1. The lowest BCUT2D eigenvalue weighted by atomic mass is 10.2. The first-order valence-corrected chi connectivity index (χ1v) is 6.53. The van der Waals surface area contributed by atoms with Crippen LogP contribution in [0.15, 0.2) is 34.9 Å². The Morgan fingerprint density at radius 2 is 2.00 bits per heavy atom. The Morgan fingerprint density at radius 3 is 2.58 bits per heavy atom. The second-order valence-corrected chi connectivity index (χ2v) is 5.13. The van der Waals surface area contributed by atoms with E-state index >= 15 is 0 Å². The summed E-state index contributed by atoms with van der Waals surface area (Å²) in [5.41, 5.74) is 2.61. The van der Waals surface area contributed by atoms with Crippen LogP contribution in [0, 0.1) is 6.92 Å². The van der Waals surface area contributed by atoms with Crippen LogP contribution in [0.2, 0.25) is 0 Å². The van der Waals surface area contributed by atoms with Gasteiger partial charge >= 0.3 is 0 Å². The summed E-state index contributed by atoms with van der Waals surface area (Å²) in [5.74, 6) is -0.344. The number of hydrogen-bond acceptors (Lipinski definition) is 2. The Balaban J connectivity index is 2.15. The molecule has 0 fully saturated rings. The zero-order chi connectivity index (χ0) is 14.0. The van der Waals surface area contributed by atoms with Crippen molar-refractivity contribution < 1.29 is 9.59 Å². The number of carbonyl (C=O) groups is 2. The van der Waals surface area contributed by atoms with Gasteiger partial charge in [-0.3, -0.25) is 9.59 Å². The lowest BCUT2D eigenvalue weighted by Crippen LogP contribution is -2.12. The molecule has 2 N–H and O–H groups in total. The SMILES string of the molecule is CC(=O)c1c[nH]c(C(=O)Nc2ccc(Br)c(C)c2)c1. The molecule has 0 spiro atoms. The van der Waals surface area contributed by atoms with Gasteiger partial charge in [0.25, 0.3) is 5.91 Å². The van der Waals surface area contributed by atoms with Crippen LogP contribution in [0.3, 0.4) is 0 Å². The number of rotatable bonds is 3. The molecule has 0 aliphatic heterocycles. The fraction of sp³-hybridized carbons (Fsp3) is 0.143. The van der Waals surface area contributed by atoms with Crippen LogP contribution in [-0.2, 0) is 0 Å². The van der Waals surface area contributed by atoms with E-state index in [4.69, 9.17) is 0 Å². The quantitative estimate of drug-likeness (QED) is 0.850. The van der Waals surface area contributed by atoms with Gasteiger partial charge in [-0.1, -0.05) is 15.9 Å². The van der Waals surface area contributed by atoms with E-state index in [0.717, 1.165) is 10.0 Å². The molecular formula is C14H13BrN2O2. The average molecular weight is 321 g/mol. The van der Waals surface area contributed by atoms with Gasteiger partial charge in [-0.2, -0.15) is 0 Å². The molecule has 0 bridgehead atoms. The number of aromatic amines is 1. The third-order valence-corrected chi connectivity index (χ3v) is 3.64. The Kier molecular flexibility index (Phi) is 3.85. The third kappa shape index (κ3) is 3.12. The van der Waals surface area contributed by atoms with Crippen molar-refractivity contribution in [2.24, 2.45) is 0 Å². The third-order valence-electron chi connectivity index (χ3n) is 2.75. The summed E-state index contributed by atoms with van der Waals surface area (Å²) in [7, 11) is 0. The number of H-pyrrole nitrogens is 1. The highest BCUT2D eigenvalue weighted by molar-refractivity contribution is 9.10. The molecular weight excluding hydrogens is 308 g/mol. The molecule has 19 heavy (non-hydrogen) atoms. The maximum atomic E-state index is 12.0. The topological polar surface area (TPSA) is 62.0 Å². The maximum Gasteiger partial charge on any atom is 0.272 e. The molecule has 1 aromatic carbocycles. The number of ketones is 1. The Morgan fingerprint density at radius 1 is 1.26 bits per heavy atom. The zero-order valence-electron chi connectivity index (χ0n) is 10.6. The highest BCUT2D eigenvalue weighted by Gasteiger charge is 2.11. The number of hydrogen-bond donors (Lipinski definition) is 2. The van der Waals surface area contributed by atoms with E-state index in [1.807, 2.05) is 25.1 Å². The van der Waals surface area contributed by atoms with Crippen molar-refractivity contribution in [1.29, 1.82) is 0 Å². The van der Waals surface area contributed by atoms with E-state index < -0.39 is 0 Å². The summed E-state index contributed by atoms with van der Waals surface area (Å²) in [4.78, 5) is 25.9. The molecule has 0 atom stereocenters. The molecule has 2 aromatic rings. The number of aromatic nitrogens is 1. The lowest BCUT2D eigenvalue weighted by Gasteiger charge is -2.05. The Bertz CT molecular complexity index is 647. The van der Waals surface area contributed by atoms with Crippen molar-refractivity contribution in [3.8, 4) is 0 Å². The molecule has 5 heteroatoms. The van der Waals surface area contributed by atoms with Crippen LogP contribution in [0.25, 0.3) is 0 Å². The number of anilines is 1. The minimum absolute atomic E-state index is 0.0743. The molecule has 4 nitrogen and oxygen atoms in total. The molecule has 0 saturated carbocycles. The number of carbonyl (C=O) groups excluding carboxylic acids is 2. The molecule has 0 saturated heterocycles. The van der Waals surface area contributed by atoms with Crippen molar-refractivity contribution in [2.75, 3.05) is 5.32 Å². The normalized spacial score (nSPS) is 10.3. The van der Waals surface area contributed by atoms with Crippen LogP contribution in [0.5, 0.6) is 0 Å². The van der Waals surface area contributed by atoms with Gasteiger partial charge in [0.1, 0.15) is 5.69 Å². The van der Waals surface area contributed by atoms with Crippen LogP contribution >= 0.6 is 15.9 Å². The predicted molar refractivity (Wildman–Crippen MR) is 77.6 cm³/mol. The van der Waals surface area contributed by atoms with E-state index in [0.29, 0.717) is 16.9 Å². The van der Waals surface area contributed by atoms with E-state index in [-0.39, 0.29) is 11.7 Å². The van der Waals surface area contributed by atoms with Gasteiger partial charge < -0.3 is 10.3 Å². The molecule has 98 valence electrons. The summed E-state index contributed by atoms with van der Waals surface area (Å²) in [6, 6.07) is 7.10. The van der Waals surface area contributed by atoms with Gasteiger partial charge in [0.2, 0.25) is 0 Å². The summed E-state index contributed by atoms with van der Waals surface area (Å²) < 4.78 is 0.990. The molecule has 0 radical (unpaired) electrons. The van der Waals surface area contributed by atoms with Gasteiger partial charge in [-0.15, -0.1) is 0 Å². The van der Waals surface area contributed by atoms with Crippen molar-refractivity contribution in [3.63, 3.8) is 0 Å². The van der Waals surface area contributed by atoms with Gasteiger partial charge in [0.05, 0.1) is 0 Å². The number of amides is 1. The van der Waals surface area contributed by atoms with Crippen LogP contribution in [0.1, 0.15) is 33.3 Å². The first-order valence-electron chi connectivity index (χ1n) is 5.74. The average Bonchev–Trinajstić information content (AvgIpc) is 2.83. The molecule has 1 heterocycles. The van der Waals surface area contributed by atoms with Crippen LogP contribution in [0.4, 0.5) is 5.69 Å². The molecule has 0 aliphatic carbocycles. The predicted octanol–water partition coefficient (Wildman–Crippen LogP) is 3.54. The molecule has 1 amide bonds. The van der Waals surface area contributed by atoms with Gasteiger partial charge in [-0.25, -0.2) is 0 Å². The summed E-state index contributed by atoms with van der Waals surface area (Å²) >= 11 is 3.40. The smallest absolute Gasteiger partial charge is 0.272 e. The first-order chi connectivity index (χ1) is 8.97. The van der Waals surface area contributed by atoms with Gasteiger partial charge in [0.15, 0.2) is 5.78 Å². The molecule has 0 unspecified atom stereocenters. The van der Waals surface area contributed by atoms with Crippen LogP contribution in [-0.4, -0.2) is 16.7 Å². The van der Waals surface area contributed by atoms with Crippen molar-refractivity contribution in [3.05, 3.63) is 51.8 Å². The fourth-order valence-electron chi connectivity index (χ4n) is 1.65. The monoisotopic (exact) mass is 320 g/mol. The number of benzene rings is 1. The lowest BCUT2D eigenvalue weighted by molar-refractivity contribution is 0.101. The summed E-state index contributed by atoms with van der Waals surface area (Å²) in [5, 5.41) is 2.78. The number of aryl methyl sites for hydroxylation is 1. The minimum atomic E-state index is -0.269. The Labute approximate surface area is 119 Å². The number of halogens is 1. The highest BCUT2D eigenvalue weighted by Crippen LogP contribution is 2.20. The molecule has 0 aliphatic rings. The van der Waals surface area contributed by atoms with Crippen LogP contribution < -0.4 is 5.32 Å². The van der Waals surface area contributed by atoms with Crippen molar-refractivity contribution in [1.82, 2.24) is 4.98 Å².